The maximum absolute atomic E-state index is 12.5. The molecule has 2 heterocycles. The molecule has 0 spiro atoms. The Morgan fingerprint density at radius 2 is 1.62 bits per heavy atom. The van der Waals surface area contributed by atoms with Crippen molar-refractivity contribution in [2.24, 2.45) is 0 Å². The van der Waals surface area contributed by atoms with Crippen LogP contribution < -0.4 is 16.6 Å². The number of carbonyl (C=O) groups is 1. The number of hydrogen-bond donors (Lipinski definition) is 2. The van der Waals surface area contributed by atoms with Gasteiger partial charge in [0.2, 0.25) is 5.91 Å². The highest BCUT2D eigenvalue weighted by Crippen LogP contribution is 2.19. The molecule has 158 valence electrons. The fourth-order valence-corrected chi connectivity index (χ4v) is 3.77. The molecule has 8 heteroatoms. The molecular formula is C24H19N5O3. The molecule has 0 aliphatic carbocycles. The second kappa shape index (κ2) is 7.99. The largest absolute Gasteiger partial charge is 0.328 e. The fourth-order valence-electron chi connectivity index (χ4n) is 3.77. The molecule has 0 radical (unpaired) electrons. The lowest BCUT2D eigenvalue weighted by Gasteiger charge is -2.10. The van der Waals surface area contributed by atoms with E-state index in [1.807, 2.05) is 53.1 Å². The molecule has 1 amide bonds. The molecule has 5 rings (SSSR count). The van der Waals surface area contributed by atoms with E-state index in [2.05, 4.69) is 15.3 Å². The van der Waals surface area contributed by atoms with Crippen LogP contribution in [0.25, 0.3) is 27.6 Å². The van der Waals surface area contributed by atoms with Crippen molar-refractivity contribution < 1.29 is 4.79 Å². The zero-order chi connectivity index (χ0) is 22.1. The normalized spacial score (nSPS) is 11.1. The molecule has 0 saturated carbocycles. The smallest absolute Gasteiger partial charge is 0.326 e. The number of para-hydroxylation sites is 3. The van der Waals surface area contributed by atoms with Crippen molar-refractivity contribution in [3.05, 3.63) is 100.0 Å². The monoisotopic (exact) mass is 425 g/mol. The van der Waals surface area contributed by atoms with E-state index < -0.39 is 11.2 Å². The van der Waals surface area contributed by atoms with Crippen LogP contribution >= 0.6 is 0 Å². The van der Waals surface area contributed by atoms with Gasteiger partial charge in [0, 0.05) is 24.3 Å². The number of aromatic nitrogens is 4. The number of nitrogens with zero attached hydrogens (tertiary/aromatic N) is 3. The molecule has 2 N–H and O–H groups in total. The lowest BCUT2D eigenvalue weighted by Crippen LogP contribution is -2.31. The Bertz CT molecular complexity index is 1560. The number of carbonyl (C=O) groups excluding carboxylic acids is 1. The van der Waals surface area contributed by atoms with Crippen LogP contribution in [0.4, 0.5) is 5.69 Å². The highest BCUT2D eigenvalue weighted by Gasteiger charge is 2.10. The van der Waals surface area contributed by atoms with Crippen LogP contribution in [-0.4, -0.2) is 25.0 Å². The van der Waals surface area contributed by atoms with E-state index in [1.54, 1.807) is 30.6 Å². The minimum Gasteiger partial charge on any atom is -0.326 e. The van der Waals surface area contributed by atoms with Gasteiger partial charge in [0.25, 0.3) is 5.56 Å². The van der Waals surface area contributed by atoms with Gasteiger partial charge in [-0.15, -0.1) is 0 Å². The van der Waals surface area contributed by atoms with Crippen LogP contribution in [0.15, 0.2) is 88.7 Å². The summed E-state index contributed by atoms with van der Waals surface area (Å²) in [5, 5.41) is 3.26. The average molecular weight is 425 g/mol. The van der Waals surface area contributed by atoms with Crippen molar-refractivity contribution in [1.29, 1.82) is 0 Å². The van der Waals surface area contributed by atoms with Crippen LogP contribution in [0.5, 0.6) is 0 Å². The Morgan fingerprint density at radius 1 is 0.906 bits per heavy atom. The number of H-pyrrole nitrogens is 1. The number of benzene rings is 3. The zero-order valence-electron chi connectivity index (χ0n) is 17.0. The number of amides is 1. The predicted octanol–water partition coefficient (Wildman–Crippen LogP) is 3.06. The number of anilines is 1. The van der Waals surface area contributed by atoms with E-state index in [0.29, 0.717) is 16.6 Å². The van der Waals surface area contributed by atoms with E-state index in [9.17, 15) is 14.4 Å². The predicted molar refractivity (Wildman–Crippen MR) is 123 cm³/mol. The molecule has 3 aromatic carbocycles. The van der Waals surface area contributed by atoms with Gasteiger partial charge < -0.3 is 5.32 Å². The molecule has 8 nitrogen and oxygen atoms in total. The van der Waals surface area contributed by atoms with Gasteiger partial charge in [0.1, 0.15) is 6.33 Å². The third-order valence-corrected chi connectivity index (χ3v) is 5.35. The third kappa shape index (κ3) is 3.58. The van der Waals surface area contributed by atoms with Crippen LogP contribution in [0, 0.1) is 0 Å². The van der Waals surface area contributed by atoms with Gasteiger partial charge in [0.15, 0.2) is 0 Å². The van der Waals surface area contributed by atoms with E-state index >= 15 is 0 Å². The first-order valence-corrected chi connectivity index (χ1v) is 10.1. The number of aromatic amines is 1. The number of aryl methyl sites for hydroxylation is 1. The topological polar surface area (TPSA) is 102 Å². The number of fused-ring (bicyclic) bond motifs is 2. The summed E-state index contributed by atoms with van der Waals surface area (Å²) in [6, 6.07) is 22.2. The molecule has 0 unspecified atom stereocenters. The maximum atomic E-state index is 12.5. The summed E-state index contributed by atoms with van der Waals surface area (Å²) in [6.45, 7) is 0.154. The summed E-state index contributed by atoms with van der Waals surface area (Å²) in [4.78, 5) is 43.4. The molecule has 5 aromatic rings. The molecule has 0 atom stereocenters. The van der Waals surface area contributed by atoms with Crippen LogP contribution in [-0.2, 0) is 11.3 Å². The summed E-state index contributed by atoms with van der Waals surface area (Å²) in [6.07, 6.45) is 1.86. The molecule has 0 aliphatic rings. The van der Waals surface area contributed by atoms with Crippen molar-refractivity contribution in [3.8, 4) is 5.69 Å². The van der Waals surface area contributed by atoms with E-state index in [0.717, 1.165) is 16.7 Å². The van der Waals surface area contributed by atoms with E-state index in [4.69, 9.17) is 0 Å². The summed E-state index contributed by atoms with van der Waals surface area (Å²) in [7, 11) is 0. The first-order chi connectivity index (χ1) is 15.6. The minimum atomic E-state index is -0.529. The first kappa shape index (κ1) is 19.5. The van der Waals surface area contributed by atoms with Gasteiger partial charge in [-0.05, 0) is 48.5 Å². The summed E-state index contributed by atoms with van der Waals surface area (Å²) < 4.78 is 3.39. The van der Waals surface area contributed by atoms with Crippen molar-refractivity contribution in [1.82, 2.24) is 19.1 Å². The Morgan fingerprint density at radius 3 is 2.44 bits per heavy atom. The van der Waals surface area contributed by atoms with Crippen molar-refractivity contribution in [3.63, 3.8) is 0 Å². The molecule has 0 aliphatic heterocycles. The standard InChI is InChI=1S/C24H19N5O3/c30-22(13-14-28-20-7-3-1-5-18(20)23(31)27-24(28)32)26-16-9-11-17(12-10-16)29-15-25-19-6-2-4-8-21(19)29/h1-12,15H,13-14H2,(H,26,30)(H,27,31,32). The average Bonchev–Trinajstić information content (AvgIpc) is 3.24. The van der Waals surface area contributed by atoms with Crippen LogP contribution in [0.1, 0.15) is 6.42 Å². The summed E-state index contributed by atoms with van der Waals surface area (Å²) in [5.74, 6) is -0.229. The maximum Gasteiger partial charge on any atom is 0.328 e. The number of rotatable bonds is 5. The summed E-state index contributed by atoms with van der Waals surface area (Å²) >= 11 is 0. The Balaban J connectivity index is 1.30. The lowest BCUT2D eigenvalue weighted by molar-refractivity contribution is -0.116. The van der Waals surface area contributed by atoms with Crippen molar-refractivity contribution in [2.45, 2.75) is 13.0 Å². The molecule has 0 saturated heterocycles. The lowest BCUT2D eigenvalue weighted by atomic mass is 10.2. The zero-order valence-corrected chi connectivity index (χ0v) is 17.0. The molecule has 2 aromatic heterocycles. The fraction of sp³-hybridized carbons (Fsp3) is 0.0833. The van der Waals surface area contributed by atoms with Crippen molar-refractivity contribution >= 4 is 33.5 Å². The van der Waals surface area contributed by atoms with Crippen molar-refractivity contribution in [2.75, 3.05) is 5.32 Å². The second-order valence-electron chi connectivity index (χ2n) is 7.38. The Labute approximate surface area is 181 Å². The van der Waals surface area contributed by atoms with Gasteiger partial charge in [-0.3, -0.25) is 23.7 Å². The molecule has 32 heavy (non-hydrogen) atoms. The van der Waals surface area contributed by atoms with E-state index in [-0.39, 0.29) is 18.9 Å². The third-order valence-electron chi connectivity index (χ3n) is 5.35. The highest BCUT2D eigenvalue weighted by molar-refractivity contribution is 5.91. The van der Waals surface area contributed by atoms with Gasteiger partial charge in [-0.2, -0.15) is 0 Å². The Hall–Kier alpha value is -4.46. The number of hydrogen-bond acceptors (Lipinski definition) is 4. The molecule has 0 fully saturated rings. The molecular weight excluding hydrogens is 406 g/mol. The number of imidazole rings is 1. The second-order valence-corrected chi connectivity index (χ2v) is 7.38. The SMILES string of the molecule is O=C(CCn1c(=O)[nH]c(=O)c2ccccc21)Nc1ccc(-n2cnc3ccccc32)cc1. The van der Waals surface area contributed by atoms with Gasteiger partial charge in [0.05, 0.1) is 21.9 Å². The first-order valence-electron chi connectivity index (χ1n) is 10.1. The summed E-state index contributed by atoms with van der Waals surface area (Å²) in [5.41, 5.74) is 3.05. The van der Waals surface area contributed by atoms with Gasteiger partial charge in [-0.25, -0.2) is 9.78 Å². The Kier molecular flexibility index (Phi) is 4.87. The highest BCUT2D eigenvalue weighted by atomic mass is 16.2. The van der Waals surface area contributed by atoms with Gasteiger partial charge >= 0.3 is 5.69 Å². The van der Waals surface area contributed by atoms with Crippen LogP contribution in [0.2, 0.25) is 0 Å². The molecule has 0 bridgehead atoms. The number of nitrogens with one attached hydrogen (secondary N) is 2. The quantitative estimate of drug-likeness (QED) is 0.452. The van der Waals surface area contributed by atoms with Gasteiger partial charge in [-0.1, -0.05) is 24.3 Å². The van der Waals surface area contributed by atoms with Crippen LogP contribution in [0.3, 0.4) is 0 Å². The van der Waals surface area contributed by atoms with E-state index in [1.165, 1.54) is 4.57 Å². The minimum absolute atomic E-state index is 0.0872.